The maximum Gasteiger partial charge on any atom is 0.274 e. The monoisotopic (exact) mass is 345 g/mol. The predicted molar refractivity (Wildman–Crippen MR) is 93.5 cm³/mol. The molecule has 3 rings (SSSR count). The number of nitrogens with zero attached hydrogens (tertiary/aromatic N) is 5. The van der Waals surface area contributed by atoms with Crippen molar-refractivity contribution in [2.24, 2.45) is 0 Å². The zero-order valence-corrected chi connectivity index (χ0v) is 14.6. The fourth-order valence-corrected chi connectivity index (χ4v) is 2.85. The van der Waals surface area contributed by atoms with Gasteiger partial charge in [-0.05, 0) is 12.1 Å². The molecule has 6 nitrogen and oxygen atoms in total. The van der Waals surface area contributed by atoms with Crippen LogP contribution >= 0.6 is 11.6 Å². The Labute approximate surface area is 146 Å². The first-order chi connectivity index (χ1) is 11.6. The van der Waals surface area contributed by atoms with Gasteiger partial charge in [0, 0.05) is 50.2 Å². The Morgan fingerprint density at radius 1 is 1.17 bits per heavy atom. The van der Waals surface area contributed by atoms with Gasteiger partial charge in [0.05, 0.1) is 11.2 Å². The van der Waals surface area contributed by atoms with Crippen LogP contribution in [0.3, 0.4) is 0 Å². The number of aromatic nitrogens is 3. The van der Waals surface area contributed by atoms with Crippen LogP contribution in [0.15, 0.2) is 30.7 Å². The molecular formula is C17H20ClN5O. The van der Waals surface area contributed by atoms with Crippen LogP contribution in [0.1, 0.15) is 36.1 Å². The molecule has 0 N–H and O–H groups in total. The number of hydrogen-bond donors (Lipinski definition) is 0. The number of carbonyl (C=O) groups is 1. The molecule has 0 radical (unpaired) electrons. The molecule has 1 aliphatic heterocycles. The summed E-state index contributed by atoms with van der Waals surface area (Å²) in [6, 6.07) is 3.96. The molecule has 3 heterocycles. The lowest BCUT2D eigenvalue weighted by atomic mass is 10.2. The molecule has 126 valence electrons. The minimum atomic E-state index is -0.126. The van der Waals surface area contributed by atoms with Crippen LogP contribution in [-0.4, -0.2) is 51.9 Å². The quantitative estimate of drug-likeness (QED) is 0.855. The number of hydrogen-bond acceptors (Lipinski definition) is 5. The van der Waals surface area contributed by atoms with Crippen molar-refractivity contribution in [3.63, 3.8) is 0 Å². The molecule has 7 heteroatoms. The van der Waals surface area contributed by atoms with E-state index in [1.165, 1.54) is 6.20 Å². The van der Waals surface area contributed by atoms with Crippen molar-refractivity contribution in [1.29, 1.82) is 0 Å². The van der Waals surface area contributed by atoms with Crippen LogP contribution in [0.4, 0.5) is 5.69 Å². The molecule has 0 aromatic carbocycles. The van der Waals surface area contributed by atoms with Crippen molar-refractivity contribution >= 4 is 23.2 Å². The third-order valence-electron chi connectivity index (χ3n) is 4.08. The van der Waals surface area contributed by atoms with Crippen LogP contribution in [0.25, 0.3) is 0 Å². The third kappa shape index (κ3) is 3.48. The Bertz CT molecular complexity index is 714. The number of amides is 1. The highest BCUT2D eigenvalue weighted by molar-refractivity contribution is 6.33. The summed E-state index contributed by atoms with van der Waals surface area (Å²) in [5, 5.41) is 0.306. The smallest absolute Gasteiger partial charge is 0.274 e. The highest BCUT2D eigenvalue weighted by atomic mass is 35.5. The molecule has 0 unspecified atom stereocenters. The zero-order chi connectivity index (χ0) is 17.1. The molecule has 0 spiro atoms. The number of anilines is 1. The van der Waals surface area contributed by atoms with Crippen LogP contribution in [0.2, 0.25) is 5.02 Å². The maximum atomic E-state index is 12.8. The Morgan fingerprint density at radius 3 is 2.46 bits per heavy atom. The van der Waals surface area contributed by atoms with E-state index < -0.39 is 0 Å². The summed E-state index contributed by atoms with van der Waals surface area (Å²) >= 11 is 6.15. The van der Waals surface area contributed by atoms with Gasteiger partial charge in [-0.2, -0.15) is 0 Å². The van der Waals surface area contributed by atoms with Crippen LogP contribution in [-0.2, 0) is 0 Å². The van der Waals surface area contributed by atoms with Gasteiger partial charge in [-0.1, -0.05) is 25.4 Å². The van der Waals surface area contributed by atoms with Gasteiger partial charge in [0.1, 0.15) is 5.82 Å². The molecule has 1 aliphatic rings. The standard InChI is InChI=1S/C17H20ClN5O/c1-12(2)16-20-11-14(18)15(21-16)17(24)23-9-7-22(8-10-23)13-3-5-19-6-4-13/h3-6,11-12H,7-10H2,1-2H3. The van der Waals surface area contributed by atoms with Crippen LogP contribution in [0.5, 0.6) is 0 Å². The van der Waals surface area contributed by atoms with Gasteiger partial charge in [0.2, 0.25) is 0 Å². The summed E-state index contributed by atoms with van der Waals surface area (Å²) in [6.07, 6.45) is 5.08. The molecule has 24 heavy (non-hydrogen) atoms. The normalized spacial score (nSPS) is 15.0. The average molecular weight is 346 g/mol. The highest BCUT2D eigenvalue weighted by Gasteiger charge is 2.25. The molecule has 2 aromatic heterocycles. The second-order valence-electron chi connectivity index (χ2n) is 6.06. The summed E-state index contributed by atoms with van der Waals surface area (Å²) in [5.41, 5.74) is 1.42. The lowest BCUT2D eigenvalue weighted by Gasteiger charge is -2.36. The van der Waals surface area contributed by atoms with Crippen molar-refractivity contribution in [3.05, 3.63) is 47.3 Å². The number of rotatable bonds is 3. The molecule has 1 amide bonds. The number of pyridine rings is 1. The molecule has 0 atom stereocenters. The van der Waals surface area contributed by atoms with Crippen molar-refractivity contribution in [3.8, 4) is 0 Å². The van der Waals surface area contributed by atoms with Gasteiger partial charge < -0.3 is 9.80 Å². The zero-order valence-electron chi connectivity index (χ0n) is 13.8. The van der Waals surface area contributed by atoms with E-state index in [1.807, 2.05) is 26.0 Å². The fraction of sp³-hybridized carbons (Fsp3) is 0.412. The first kappa shape index (κ1) is 16.6. The van der Waals surface area contributed by atoms with Gasteiger partial charge in [-0.15, -0.1) is 0 Å². The Kier molecular flexibility index (Phi) is 4.94. The van der Waals surface area contributed by atoms with E-state index in [0.29, 0.717) is 29.6 Å². The average Bonchev–Trinajstić information content (AvgIpc) is 2.62. The van der Waals surface area contributed by atoms with Crippen molar-refractivity contribution in [1.82, 2.24) is 19.9 Å². The first-order valence-electron chi connectivity index (χ1n) is 8.03. The number of piperazine rings is 1. The van der Waals surface area contributed by atoms with Gasteiger partial charge in [-0.25, -0.2) is 9.97 Å². The Morgan fingerprint density at radius 2 is 1.83 bits per heavy atom. The summed E-state index contributed by atoms with van der Waals surface area (Å²) in [5.74, 6) is 0.661. The third-order valence-corrected chi connectivity index (χ3v) is 4.35. The maximum absolute atomic E-state index is 12.8. The Hall–Kier alpha value is -2.21. The van der Waals surface area contributed by atoms with E-state index in [9.17, 15) is 4.79 Å². The van der Waals surface area contributed by atoms with E-state index >= 15 is 0 Å². The van der Waals surface area contributed by atoms with Gasteiger partial charge >= 0.3 is 0 Å². The lowest BCUT2D eigenvalue weighted by Crippen LogP contribution is -2.49. The van der Waals surface area contributed by atoms with Gasteiger partial charge in [0.25, 0.3) is 5.91 Å². The minimum absolute atomic E-state index is 0.126. The SMILES string of the molecule is CC(C)c1ncc(Cl)c(C(=O)N2CCN(c3ccncc3)CC2)n1. The van der Waals surface area contributed by atoms with Crippen LogP contribution in [0, 0.1) is 0 Å². The van der Waals surface area contributed by atoms with E-state index in [2.05, 4.69) is 19.9 Å². The summed E-state index contributed by atoms with van der Waals surface area (Å²) in [6.45, 7) is 6.80. The molecule has 0 saturated carbocycles. The van der Waals surface area contributed by atoms with E-state index in [4.69, 9.17) is 11.6 Å². The van der Waals surface area contributed by atoms with Crippen molar-refractivity contribution in [2.45, 2.75) is 19.8 Å². The highest BCUT2D eigenvalue weighted by Crippen LogP contribution is 2.20. The topological polar surface area (TPSA) is 62.2 Å². The van der Waals surface area contributed by atoms with Gasteiger partial charge in [-0.3, -0.25) is 9.78 Å². The number of halogens is 1. The molecular weight excluding hydrogens is 326 g/mol. The summed E-state index contributed by atoms with van der Waals surface area (Å²) in [7, 11) is 0. The Balaban J connectivity index is 1.70. The second-order valence-corrected chi connectivity index (χ2v) is 6.47. The van der Waals surface area contributed by atoms with E-state index in [-0.39, 0.29) is 11.8 Å². The summed E-state index contributed by atoms with van der Waals surface area (Å²) in [4.78, 5) is 29.4. The first-order valence-corrected chi connectivity index (χ1v) is 8.40. The molecule has 0 bridgehead atoms. The molecule has 1 fully saturated rings. The fourth-order valence-electron chi connectivity index (χ4n) is 2.68. The minimum Gasteiger partial charge on any atom is -0.368 e. The molecule has 0 aliphatic carbocycles. The molecule has 1 saturated heterocycles. The van der Waals surface area contributed by atoms with Crippen LogP contribution < -0.4 is 4.90 Å². The van der Waals surface area contributed by atoms with E-state index in [1.54, 1.807) is 17.3 Å². The molecule has 2 aromatic rings. The van der Waals surface area contributed by atoms with Gasteiger partial charge in [0.15, 0.2) is 5.69 Å². The summed E-state index contributed by atoms with van der Waals surface area (Å²) < 4.78 is 0. The van der Waals surface area contributed by atoms with E-state index in [0.717, 1.165) is 18.8 Å². The number of carbonyl (C=O) groups excluding carboxylic acids is 1. The van der Waals surface area contributed by atoms with Crippen molar-refractivity contribution in [2.75, 3.05) is 31.1 Å². The second kappa shape index (κ2) is 7.13. The largest absolute Gasteiger partial charge is 0.368 e. The lowest BCUT2D eigenvalue weighted by molar-refractivity contribution is 0.0740. The van der Waals surface area contributed by atoms with Crippen molar-refractivity contribution < 1.29 is 4.79 Å². The predicted octanol–water partition coefficient (Wildman–Crippen LogP) is 2.61.